The molecule has 0 aromatic heterocycles. The first-order chi connectivity index (χ1) is 8.16. The van der Waals surface area contributed by atoms with Crippen molar-refractivity contribution in [1.82, 2.24) is 0 Å². The van der Waals surface area contributed by atoms with Gasteiger partial charge in [-0.3, -0.25) is 0 Å². The van der Waals surface area contributed by atoms with E-state index in [9.17, 15) is 10.2 Å². The van der Waals surface area contributed by atoms with Gasteiger partial charge in [0.15, 0.2) is 0 Å². The summed E-state index contributed by atoms with van der Waals surface area (Å²) in [4.78, 5) is 0. The highest BCUT2D eigenvalue weighted by atomic mass is 16.3. The zero-order valence-corrected chi connectivity index (χ0v) is 9.80. The maximum absolute atomic E-state index is 10.7. The van der Waals surface area contributed by atoms with Crippen molar-refractivity contribution in [2.45, 2.75) is 19.1 Å². The minimum atomic E-state index is -1.08. The Hall–Kier alpha value is -1.64. The van der Waals surface area contributed by atoms with E-state index < -0.39 is 5.60 Å². The smallest absolute Gasteiger partial charge is 0.112 e. The summed E-state index contributed by atoms with van der Waals surface area (Å²) in [6, 6.07) is 16.9. The molecule has 0 saturated carbocycles. The average molecular weight is 228 g/mol. The number of aliphatic hydroxyl groups excluding tert-OH is 1. The van der Waals surface area contributed by atoms with Crippen molar-refractivity contribution in [3.05, 3.63) is 71.3 Å². The van der Waals surface area contributed by atoms with Crippen LogP contribution in [0.5, 0.6) is 0 Å². The second-order valence-corrected chi connectivity index (χ2v) is 4.25. The molecule has 2 rings (SSSR count). The molecule has 1 atom stereocenters. The SMILES string of the molecule is CC(O)(c1ccccc1)c1ccccc1CO. The molecule has 17 heavy (non-hydrogen) atoms. The minimum absolute atomic E-state index is 0.0703. The van der Waals surface area contributed by atoms with Crippen LogP contribution < -0.4 is 0 Å². The molecule has 0 heterocycles. The fourth-order valence-corrected chi connectivity index (χ4v) is 2.05. The molecule has 0 bridgehead atoms. The lowest BCUT2D eigenvalue weighted by Gasteiger charge is -2.26. The molecule has 2 aromatic rings. The van der Waals surface area contributed by atoms with Gasteiger partial charge in [-0.25, -0.2) is 0 Å². The predicted molar refractivity (Wildman–Crippen MR) is 67.5 cm³/mol. The Morgan fingerprint density at radius 1 is 0.941 bits per heavy atom. The fourth-order valence-electron chi connectivity index (χ4n) is 2.05. The Bertz CT molecular complexity index is 489. The van der Waals surface area contributed by atoms with Crippen LogP contribution in [0.3, 0.4) is 0 Å². The van der Waals surface area contributed by atoms with Crippen molar-refractivity contribution < 1.29 is 10.2 Å². The first-order valence-corrected chi connectivity index (χ1v) is 5.63. The molecular weight excluding hydrogens is 212 g/mol. The molecule has 88 valence electrons. The number of aliphatic hydroxyl groups is 2. The van der Waals surface area contributed by atoms with E-state index >= 15 is 0 Å². The summed E-state index contributed by atoms with van der Waals surface area (Å²) in [7, 11) is 0. The Labute approximate surface area is 101 Å². The molecule has 0 spiro atoms. The molecule has 1 unspecified atom stereocenters. The summed E-state index contributed by atoms with van der Waals surface area (Å²) >= 11 is 0. The first kappa shape index (κ1) is 11.8. The first-order valence-electron chi connectivity index (χ1n) is 5.63. The van der Waals surface area contributed by atoms with Crippen molar-refractivity contribution >= 4 is 0 Å². The normalized spacial score (nSPS) is 14.3. The van der Waals surface area contributed by atoms with Gasteiger partial charge in [0.25, 0.3) is 0 Å². The van der Waals surface area contributed by atoms with Crippen LogP contribution in [0.4, 0.5) is 0 Å². The highest BCUT2D eigenvalue weighted by molar-refractivity contribution is 5.39. The molecule has 2 nitrogen and oxygen atoms in total. The Morgan fingerprint density at radius 2 is 1.53 bits per heavy atom. The van der Waals surface area contributed by atoms with Crippen molar-refractivity contribution in [2.75, 3.05) is 0 Å². The van der Waals surface area contributed by atoms with Gasteiger partial charge in [0.1, 0.15) is 5.60 Å². The van der Waals surface area contributed by atoms with Crippen molar-refractivity contribution in [2.24, 2.45) is 0 Å². The van der Waals surface area contributed by atoms with Gasteiger partial charge in [-0.15, -0.1) is 0 Å². The van der Waals surface area contributed by atoms with Crippen LogP contribution in [-0.2, 0) is 12.2 Å². The lowest BCUT2D eigenvalue weighted by atomic mass is 9.85. The highest BCUT2D eigenvalue weighted by Crippen LogP contribution is 2.31. The van der Waals surface area contributed by atoms with E-state index in [-0.39, 0.29) is 6.61 Å². The van der Waals surface area contributed by atoms with E-state index in [0.29, 0.717) is 0 Å². The van der Waals surface area contributed by atoms with E-state index in [1.165, 1.54) is 0 Å². The van der Waals surface area contributed by atoms with Crippen LogP contribution in [0.2, 0.25) is 0 Å². The molecule has 2 aromatic carbocycles. The van der Waals surface area contributed by atoms with Crippen molar-refractivity contribution in [1.29, 1.82) is 0 Å². The summed E-state index contributed by atoms with van der Waals surface area (Å²) in [5.74, 6) is 0. The van der Waals surface area contributed by atoms with Crippen LogP contribution >= 0.6 is 0 Å². The molecule has 0 aliphatic carbocycles. The van der Waals surface area contributed by atoms with E-state index in [4.69, 9.17) is 0 Å². The molecule has 2 N–H and O–H groups in total. The third-order valence-corrected chi connectivity index (χ3v) is 3.05. The third kappa shape index (κ3) is 2.23. The maximum atomic E-state index is 10.7. The molecular formula is C15H16O2. The molecule has 0 amide bonds. The minimum Gasteiger partial charge on any atom is -0.392 e. The van der Waals surface area contributed by atoms with Crippen LogP contribution in [0.25, 0.3) is 0 Å². The van der Waals surface area contributed by atoms with Gasteiger partial charge in [-0.1, -0.05) is 54.6 Å². The second-order valence-electron chi connectivity index (χ2n) is 4.25. The summed E-state index contributed by atoms with van der Waals surface area (Å²) in [6.45, 7) is 1.68. The van der Waals surface area contributed by atoms with Crippen LogP contribution in [0, 0.1) is 0 Å². The highest BCUT2D eigenvalue weighted by Gasteiger charge is 2.27. The predicted octanol–water partition coefficient (Wildman–Crippen LogP) is 2.43. The van der Waals surface area contributed by atoms with Crippen LogP contribution in [0.15, 0.2) is 54.6 Å². The number of hydrogen-bond acceptors (Lipinski definition) is 2. The van der Waals surface area contributed by atoms with Crippen LogP contribution in [0.1, 0.15) is 23.6 Å². The third-order valence-electron chi connectivity index (χ3n) is 3.05. The Morgan fingerprint density at radius 3 is 2.18 bits per heavy atom. The van der Waals surface area contributed by atoms with Crippen molar-refractivity contribution in [3.63, 3.8) is 0 Å². The number of hydrogen-bond donors (Lipinski definition) is 2. The van der Waals surface area contributed by atoms with Crippen LogP contribution in [-0.4, -0.2) is 10.2 Å². The van der Waals surface area contributed by atoms with E-state index in [1.807, 2.05) is 54.6 Å². The Balaban J connectivity index is 2.51. The zero-order chi connectivity index (χ0) is 12.3. The molecule has 0 aliphatic heterocycles. The topological polar surface area (TPSA) is 40.5 Å². The van der Waals surface area contributed by atoms with Gasteiger partial charge in [-0.05, 0) is 23.6 Å². The van der Waals surface area contributed by atoms with E-state index in [0.717, 1.165) is 16.7 Å². The summed E-state index contributed by atoms with van der Waals surface area (Å²) in [5.41, 5.74) is 1.23. The monoisotopic (exact) mass is 228 g/mol. The summed E-state index contributed by atoms with van der Waals surface area (Å²) in [5, 5.41) is 20.0. The number of rotatable bonds is 3. The molecule has 2 heteroatoms. The summed E-state index contributed by atoms with van der Waals surface area (Å²) < 4.78 is 0. The van der Waals surface area contributed by atoms with Gasteiger partial charge in [0, 0.05) is 0 Å². The lowest BCUT2D eigenvalue weighted by molar-refractivity contribution is 0.0992. The fraction of sp³-hybridized carbons (Fsp3) is 0.200. The van der Waals surface area contributed by atoms with E-state index in [1.54, 1.807) is 6.92 Å². The molecule has 0 saturated heterocycles. The van der Waals surface area contributed by atoms with Gasteiger partial charge in [0.05, 0.1) is 6.61 Å². The maximum Gasteiger partial charge on any atom is 0.112 e. The standard InChI is InChI=1S/C15H16O2/c1-15(17,13-8-3-2-4-9-13)14-10-6-5-7-12(14)11-16/h2-10,16-17H,11H2,1H3. The largest absolute Gasteiger partial charge is 0.392 e. The molecule has 0 radical (unpaired) electrons. The van der Waals surface area contributed by atoms with Gasteiger partial charge in [0.2, 0.25) is 0 Å². The quantitative estimate of drug-likeness (QED) is 0.847. The zero-order valence-electron chi connectivity index (χ0n) is 9.80. The van der Waals surface area contributed by atoms with Gasteiger partial charge >= 0.3 is 0 Å². The average Bonchev–Trinajstić information content (AvgIpc) is 2.39. The van der Waals surface area contributed by atoms with E-state index in [2.05, 4.69) is 0 Å². The molecule has 0 fully saturated rings. The van der Waals surface area contributed by atoms with Gasteiger partial charge in [-0.2, -0.15) is 0 Å². The summed E-state index contributed by atoms with van der Waals surface area (Å²) in [6.07, 6.45) is 0. The number of benzene rings is 2. The molecule has 0 aliphatic rings. The second kappa shape index (κ2) is 4.70. The van der Waals surface area contributed by atoms with Crippen molar-refractivity contribution in [3.8, 4) is 0 Å². The van der Waals surface area contributed by atoms with Gasteiger partial charge < -0.3 is 10.2 Å². The lowest BCUT2D eigenvalue weighted by Crippen LogP contribution is -2.24. The Kier molecular flexibility index (Phi) is 3.27.